The van der Waals surface area contributed by atoms with Crippen LogP contribution in [-0.2, 0) is 17.8 Å². The number of thiophene rings is 1. The lowest BCUT2D eigenvalue weighted by Crippen LogP contribution is -2.39. The van der Waals surface area contributed by atoms with Gasteiger partial charge in [0.15, 0.2) is 16.5 Å². The highest BCUT2D eigenvalue weighted by atomic mass is 32.2. The van der Waals surface area contributed by atoms with Crippen LogP contribution in [0.1, 0.15) is 42.4 Å². The van der Waals surface area contributed by atoms with Crippen molar-refractivity contribution in [1.82, 2.24) is 20.2 Å². The zero-order chi connectivity index (χ0) is 18.1. The van der Waals surface area contributed by atoms with E-state index in [4.69, 9.17) is 4.74 Å². The van der Waals surface area contributed by atoms with Crippen LogP contribution in [0.5, 0.6) is 0 Å². The number of thioether (sulfide) groups is 2. The van der Waals surface area contributed by atoms with Gasteiger partial charge in [-0.2, -0.15) is 5.10 Å². The second-order valence-electron chi connectivity index (χ2n) is 6.81. The molecule has 2 atom stereocenters. The number of hydrogen-bond acceptors (Lipinski definition) is 9. The first-order valence-electron chi connectivity index (χ1n) is 8.55. The van der Waals surface area contributed by atoms with Gasteiger partial charge in [0.2, 0.25) is 5.95 Å². The molecule has 5 heterocycles. The molecule has 5 rings (SSSR count). The minimum absolute atomic E-state index is 0.0157. The third-order valence-electron chi connectivity index (χ3n) is 5.38. The minimum atomic E-state index is -0.107. The summed E-state index contributed by atoms with van der Waals surface area (Å²) in [5.41, 5.74) is 5.95. The Morgan fingerprint density at radius 3 is 2.92 bits per heavy atom. The van der Waals surface area contributed by atoms with Gasteiger partial charge >= 0.3 is 0 Å². The quantitative estimate of drug-likeness (QED) is 0.764. The Kier molecular flexibility index (Phi) is 3.83. The van der Waals surface area contributed by atoms with Crippen molar-refractivity contribution < 1.29 is 4.74 Å². The SMILES string of the molecule is CC[C@@]1(C)Cc2c(sc3c2C2NN=C(SC)N2c2nnc(SC)n2-3)CO1. The standard InChI is InChI=1S/C16H20N6OS3/c1-5-16(2)6-8-9(7-23-16)26-12-10(8)11-17-19-14(24-3)21(11)13-18-20-15(25-4)22(12)13/h11,17H,5-7H2,1-4H3/t11?,16-/m0/s1. The third-order valence-corrected chi connectivity index (χ3v) is 7.87. The van der Waals surface area contributed by atoms with E-state index in [2.05, 4.69) is 44.0 Å². The Morgan fingerprint density at radius 1 is 1.35 bits per heavy atom. The zero-order valence-electron chi connectivity index (χ0n) is 15.1. The lowest BCUT2D eigenvalue weighted by molar-refractivity contribution is -0.0549. The summed E-state index contributed by atoms with van der Waals surface area (Å²) >= 11 is 5.04. The number of ether oxygens (including phenoxy) is 1. The Hall–Kier alpha value is -1.23. The van der Waals surface area contributed by atoms with Crippen molar-refractivity contribution in [3.63, 3.8) is 0 Å². The molecule has 0 spiro atoms. The second kappa shape index (κ2) is 5.88. The molecule has 0 radical (unpaired) electrons. The normalized spacial score (nSPS) is 25.9. The van der Waals surface area contributed by atoms with E-state index in [1.807, 2.05) is 12.5 Å². The first kappa shape index (κ1) is 16.9. The van der Waals surface area contributed by atoms with Crippen LogP contribution in [0.15, 0.2) is 10.3 Å². The van der Waals surface area contributed by atoms with E-state index < -0.39 is 0 Å². The average molecular weight is 409 g/mol. The van der Waals surface area contributed by atoms with Crippen LogP contribution < -0.4 is 10.3 Å². The van der Waals surface area contributed by atoms with E-state index in [0.29, 0.717) is 6.61 Å². The summed E-state index contributed by atoms with van der Waals surface area (Å²) in [6.07, 6.45) is 5.99. The molecule has 0 saturated carbocycles. The second-order valence-corrected chi connectivity index (χ2v) is 9.44. The van der Waals surface area contributed by atoms with E-state index >= 15 is 0 Å². The molecule has 0 amide bonds. The van der Waals surface area contributed by atoms with Crippen LogP contribution in [0.25, 0.3) is 5.00 Å². The molecule has 138 valence electrons. The number of amidine groups is 1. The van der Waals surface area contributed by atoms with Gasteiger partial charge in [-0.05, 0) is 31.4 Å². The lowest BCUT2D eigenvalue weighted by atomic mass is 9.88. The molecule has 26 heavy (non-hydrogen) atoms. The fraction of sp³-hybridized carbons (Fsp3) is 0.562. The highest BCUT2D eigenvalue weighted by Gasteiger charge is 2.45. The van der Waals surface area contributed by atoms with Crippen molar-refractivity contribution in [1.29, 1.82) is 0 Å². The number of nitrogens with one attached hydrogen (secondary N) is 1. The topological polar surface area (TPSA) is 67.6 Å². The molecule has 3 aliphatic heterocycles. The van der Waals surface area contributed by atoms with Gasteiger partial charge in [0.05, 0.1) is 12.2 Å². The van der Waals surface area contributed by atoms with Crippen molar-refractivity contribution >= 4 is 46.0 Å². The van der Waals surface area contributed by atoms with Crippen LogP contribution >= 0.6 is 34.9 Å². The van der Waals surface area contributed by atoms with Gasteiger partial charge in [-0.25, -0.2) is 4.57 Å². The summed E-state index contributed by atoms with van der Waals surface area (Å²) in [7, 11) is 0. The predicted molar refractivity (Wildman–Crippen MR) is 108 cm³/mol. The molecule has 3 aliphatic rings. The van der Waals surface area contributed by atoms with Crippen LogP contribution in [0.4, 0.5) is 5.95 Å². The summed E-state index contributed by atoms with van der Waals surface area (Å²) in [6, 6.07) is 0. The number of aromatic nitrogens is 3. The van der Waals surface area contributed by atoms with Crippen LogP contribution in [0.2, 0.25) is 0 Å². The van der Waals surface area contributed by atoms with Crippen molar-refractivity contribution in [3.05, 3.63) is 16.0 Å². The lowest BCUT2D eigenvalue weighted by Gasteiger charge is -2.35. The molecule has 2 aromatic heterocycles. The Morgan fingerprint density at radius 2 is 2.19 bits per heavy atom. The summed E-state index contributed by atoms with van der Waals surface area (Å²) in [4.78, 5) is 3.49. The van der Waals surface area contributed by atoms with Gasteiger partial charge < -0.3 is 4.74 Å². The van der Waals surface area contributed by atoms with E-state index in [-0.39, 0.29) is 11.8 Å². The summed E-state index contributed by atoms with van der Waals surface area (Å²) in [6.45, 7) is 5.08. The van der Waals surface area contributed by atoms with E-state index in [9.17, 15) is 0 Å². The molecule has 1 N–H and O–H groups in total. The maximum Gasteiger partial charge on any atom is 0.241 e. The summed E-state index contributed by atoms with van der Waals surface area (Å²) in [5, 5.41) is 16.5. The molecule has 0 bridgehead atoms. The largest absolute Gasteiger partial charge is 0.369 e. The van der Waals surface area contributed by atoms with Crippen molar-refractivity contribution in [3.8, 4) is 5.00 Å². The molecule has 10 heteroatoms. The Labute approximate surface area is 164 Å². The van der Waals surface area contributed by atoms with Crippen molar-refractivity contribution in [2.45, 2.75) is 50.2 Å². The highest BCUT2D eigenvalue weighted by Crippen LogP contribution is 2.50. The van der Waals surface area contributed by atoms with Crippen molar-refractivity contribution in [2.24, 2.45) is 5.10 Å². The van der Waals surface area contributed by atoms with Crippen LogP contribution in [-0.4, -0.2) is 38.0 Å². The van der Waals surface area contributed by atoms with Gasteiger partial charge in [0.25, 0.3) is 0 Å². The van der Waals surface area contributed by atoms with Gasteiger partial charge in [0, 0.05) is 16.9 Å². The summed E-state index contributed by atoms with van der Waals surface area (Å²) in [5.74, 6) is 0.836. The molecule has 0 saturated heterocycles. The monoisotopic (exact) mass is 408 g/mol. The molecule has 1 unspecified atom stereocenters. The van der Waals surface area contributed by atoms with E-state index in [0.717, 1.165) is 29.1 Å². The van der Waals surface area contributed by atoms with Gasteiger partial charge in [-0.1, -0.05) is 30.4 Å². The smallest absolute Gasteiger partial charge is 0.241 e. The zero-order valence-corrected chi connectivity index (χ0v) is 17.5. The van der Waals surface area contributed by atoms with Crippen molar-refractivity contribution in [2.75, 3.05) is 17.4 Å². The predicted octanol–water partition coefficient (Wildman–Crippen LogP) is 3.35. The summed E-state index contributed by atoms with van der Waals surface area (Å²) < 4.78 is 8.38. The first-order chi connectivity index (χ1) is 12.6. The fourth-order valence-electron chi connectivity index (χ4n) is 3.77. The van der Waals surface area contributed by atoms with Gasteiger partial charge in [-0.15, -0.1) is 21.5 Å². The van der Waals surface area contributed by atoms with Crippen LogP contribution in [0, 0.1) is 0 Å². The molecule has 2 aromatic rings. The van der Waals surface area contributed by atoms with E-state index in [1.165, 1.54) is 21.0 Å². The Balaban J connectivity index is 1.74. The van der Waals surface area contributed by atoms with E-state index in [1.54, 1.807) is 34.9 Å². The maximum absolute atomic E-state index is 6.20. The number of hydrogen-bond donors (Lipinski definition) is 1. The molecule has 0 aromatic carbocycles. The number of hydrazone groups is 1. The minimum Gasteiger partial charge on any atom is -0.369 e. The molecule has 0 aliphatic carbocycles. The number of anilines is 1. The molecular weight excluding hydrogens is 388 g/mol. The fourth-order valence-corrected chi connectivity index (χ4v) is 6.09. The Bertz CT molecular complexity index is 921. The molecule has 0 fully saturated rings. The first-order valence-corrected chi connectivity index (χ1v) is 11.8. The third kappa shape index (κ3) is 2.15. The number of rotatable bonds is 2. The van der Waals surface area contributed by atoms with Gasteiger partial charge in [-0.3, -0.25) is 10.3 Å². The van der Waals surface area contributed by atoms with Crippen LogP contribution in [0.3, 0.4) is 0 Å². The highest BCUT2D eigenvalue weighted by molar-refractivity contribution is 8.13. The maximum atomic E-state index is 6.20. The average Bonchev–Trinajstić information content (AvgIpc) is 3.34. The van der Waals surface area contributed by atoms with Gasteiger partial charge in [0.1, 0.15) is 5.00 Å². The number of fused-ring (bicyclic) bond motifs is 8. The molecule has 7 nitrogen and oxygen atoms in total. The number of nitrogens with zero attached hydrogens (tertiary/aromatic N) is 5. The molecular formula is C16H20N6OS3.